The molecule has 18 heavy (non-hydrogen) atoms. The molecule has 0 saturated carbocycles. The Kier molecular flexibility index (Phi) is 4.22. The molecule has 0 aliphatic carbocycles. The second kappa shape index (κ2) is 5.69. The molecule has 6 heteroatoms. The highest BCUT2D eigenvalue weighted by Gasteiger charge is 2.32. The van der Waals surface area contributed by atoms with Crippen LogP contribution in [0, 0.1) is 0 Å². The van der Waals surface area contributed by atoms with Crippen LogP contribution in [0.5, 0.6) is 0 Å². The number of amidine groups is 2. The van der Waals surface area contributed by atoms with E-state index >= 15 is 0 Å². The molecule has 1 aliphatic rings. The van der Waals surface area contributed by atoms with Crippen molar-refractivity contribution < 1.29 is 4.74 Å². The van der Waals surface area contributed by atoms with Crippen LogP contribution in [0.2, 0.25) is 0 Å². The molecule has 0 aromatic heterocycles. The lowest BCUT2D eigenvalue weighted by atomic mass is 10.2. The molecule has 2 rings (SSSR count). The zero-order valence-corrected chi connectivity index (χ0v) is 11.4. The van der Waals surface area contributed by atoms with Crippen LogP contribution in [-0.4, -0.2) is 36.4 Å². The van der Waals surface area contributed by atoms with Crippen LogP contribution in [0.25, 0.3) is 0 Å². The maximum Gasteiger partial charge on any atom is 0.273 e. The first-order chi connectivity index (χ1) is 8.73. The van der Waals surface area contributed by atoms with Gasteiger partial charge < -0.3 is 10.1 Å². The molecule has 0 fully saturated rings. The molecular formula is C12H13Cl2N3O. The van der Waals surface area contributed by atoms with Gasteiger partial charge in [0.05, 0.1) is 11.8 Å². The largest absolute Gasteiger partial charge is 0.338 e. The maximum atomic E-state index is 5.90. The maximum absolute atomic E-state index is 5.90. The van der Waals surface area contributed by atoms with Gasteiger partial charge in [0.1, 0.15) is 11.7 Å². The van der Waals surface area contributed by atoms with Crippen molar-refractivity contribution >= 4 is 34.9 Å². The summed E-state index contributed by atoms with van der Waals surface area (Å²) in [6, 6.07) is 9.69. The number of nitrogens with one attached hydrogen (secondary N) is 1. The Hall–Kier alpha value is -1.10. The van der Waals surface area contributed by atoms with E-state index in [9.17, 15) is 0 Å². The number of alkyl halides is 2. The van der Waals surface area contributed by atoms with Crippen molar-refractivity contribution in [1.29, 1.82) is 0 Å². The molecule has 0 saturated heterocycles. The van der Waals surface area contributed by atoms with Gasteiger partial charge in [-0.05, 0) is 0 Å². The van der Waals surface area contributed by atoms with Crippen LogP contribution in [0.4, 0.5) is 0 Å². The number of rotatable bonds is 4. The van der Waals surface area contributed by atoms with Crippen molar-refractivity contribution in [1.82, 2.24) is 5.32 Å². The number of aliphatic imine (C=N–C) groups is 2. The van der Waals surface area contributed by atoms with Crippen molar-refractivity contribution in [3.63, 3.8) is 0 Å². The van der Waals surface area contributed by atoms with Gasteiger partial charge in [-0.3, -0.25) is 0 Å². The van der Waals surface area contributed by atoms with Crippen molar-refractivity contribution in [2.75, 3.05) is 18.9 Å². The van der Waals surface area contributed by atoms with Crippen LogP contribution in [0.1, 0.15) is 5.56 Å². The van der Waals surface area contributed by atoms with E-state index in [1.807, 2.05) is 30.3 Å². The summed E-state index contributed by atoms with van der Waals surface area (Å²) in [7, 11) is 1.52. The molecule has 0 amide bonds. The molecule has 1 heterocycles. The Morgan fingerprint density at radius 2 is 1.94 bits per heavy atom. The van der Waals surface area contributed by atoms with Gasteiger partial charge in [-0.25, -0.2) is 9.98 Å². The van der Waals surface area contributed by atoms with Crippen LogP contribution in [0.3, 0.4) is 0 Å². The van der Waals surface area contributed by atoms with Gasteiger partial charge in [-0.1, -0.05) is 30.3 Å². The number of benzene rings is 1. The van der Waals surface area contributed by atoms with Crippen molar-refractivity contribution in [3.8, 4) is 0 Å². The van der Waals surface area contributed by atoms with E-state index in [0.29, 0.717) is 11.7 Å². The third kappa shape index (κ3) is 2.66. The number of halogens is 2. The average Bonchev–Trinajstić information content (AvgIpc) is 2.47. The summed E-state index contributed by atoms with van der Waals surface area (Å²) in [5.74, 6) is 0.523. The van der Waals surface area contributed by atoms with Gasteiger partial charge in [0, 0.05) is 12.7 Å². The predicted octanol–water partition coefficient (Wildman–Crippen LogP) is 2.21. The topological polar surface area (TPSA) is 46.0 Å². The summed E-state index contributed by atoms with van der Waals surface area (Å²) >= 11 is 11.7. The molecule has 1 unspecified atom stereocenters. The molecule has 96 valence electrons. The molecule has 4 nitrogen and oxygen atoms in total. The first-order valence-corrected chi connectivity index (χ1v) is 6.48. The Balaban J connectivity index is 2.40. The van der Waals surface area contributed by atoms with Gasteiger partial charge in [0.15, 0.2) is 0 Å². The summed E-state index contributed by atoms with van der Waals surface area (Å²) in [6.07, 6.45) is 0. The van der Waals surface area contributed by atoms with E-state index in [2.05, 4.69) is 15.3 Å². The zero-order valence-electron chi connectivity index (χ0n) is 9.86. The highest BCUT2D eigenvalue weighted by molar-refractivity contribution is 6.30. The summed E-state index contributed by atoms with van der Waals surface area (Å²) in [5.41, 5.74) is 0.932. The van der Waals surface area contributed by atoms with E-state index in [4.69, 9.17) is 27.9 Å². The molecule has 0 spiro atoms. The Labute approximate surface area is 116 Å². The quantitative estimate of drug-likeness (QED) is 0.863. The summed E-state index contributed by atoms with van der Waals surface area (Å²) in [4.78, 5) is 8.70. The number of ether oxygens (including phenoxy) is 1. The molecule has 1 aromatic rings. The van der Waals surface area contributed by atoms with Crippen LogP contribution >= 0.6 is 23.2 Å². The Morgan fingerprint density at radius 1 is 1.22 bits per heavy atom. The SMILES string of the molecule is COC1(CCl)N=C(CCl)NC(c2ccccc2)=N1. The number of hydrogen-bond donors (Lipinski definition) is 1. The zero-order chi connectivity index (χ0) is 13.0. The van der Waals surface area contributed by atoms with Crippen LogP contribution in [0.15, 0.2) is 40.3 Å². The third-order valence-corrected chi connectivity index (χ3v) is 3.13. The summed E-state index contributed by atoms with van der Waals surface area (Å²) < 4.78 is 5.31. The second-order valence-corrected chi connectivity index (χ2v) is 4.26. The summed E-state index contributed by atoms with van der Waals surface area (Å²) in [6.45, 7) is 0. The van der Waals surface area contributed by atoms with Gasteiger partial charge in [-0.2, -0.15) is 0 Å². The molecule has 1 aliphatic heterocycles. The first kappa shape index (κ1) is 13.3. The molecule has 0 radical (unpaired) electrons. The molecular weight excluding hydrogens is 273 g/mol. The highest BCUT2D eigenvalue weighted by Crippen LogP contribution is 2.21. The third-order valence-electron chi connectivity index (χ3n) is 2.53. The predicted molar refractivity (Wildman–Crippen MR) is 74.7 cm³/mol. The molecule has 1 aromatic carbocycles. The van der Waals surface area contributed by atoms with E-state index in [-0.39, 0.29) is 11.8 Å². The fraction of sp³-hybridized carbons (Fsp3) is 0.333. The lowest BCUT2D eigenvalue weighted by Gasteiger charge is -2.28. The smallest absolute Gasteiger partial charge is 0.273 e. The Morgan fingerprint density at radius 3 is 2.50 bits per heavy atom. The number of nitrogens with zero attached hydrogens (tertiary/aromatic N) is 2. The van der Waals surface area contributed by atoms with Crippen molar-refractivity contribution in [3.05, 3.63) is 35.9 Å². The lowest BCUT2D eigenvalue weighted by Crippen LogP contribution is -2.45. The standard InChI is InChI=1S/C12H13Cl2N3O/c1-18-12(8-14)16-10(7-13)15-11(17-12)9-5-3-2-4-6-9/h2-6H,7-8H2,1H3,(H,15,16,17). The summed E-state index contributed by atoms with van der Waals surface area (Å²) in [5, 5.41) is 3.07. The minimum Gasteiger partial charge on any atom is -0.338 e. The second-order valence-electron chi connectivity index (χ2n) is 3.72. The van der Waals surface area contributed by atoms with Gasteiger partial charge in [0.2, 0.25) is 0 Å². The fourth-order valence-corrected chi connectivity index (χ4v) is 1.96. The normalized spacial score (nSPS) is 23.1. The van der Waals surface area contributed by atoms with Gasteiger partial charge >= 0.3 is 0 Å². The molecule has 1 atom stereocenters. The van der Waals surface area contributed by atoms with E-state index in [0.717, 1.165) is 5.56 Å². The first-order valence-electron chi connectivity index (χ1n) is 5.41. The molecule has 0 bridgehead atoms. The molecule has 1 N–H and O–H groups in total. The van der Waals surface area contributed by atoms with E-state index in [1.165, 1.54) is 7.11 Å². The van der Waals surface area contributed by atoms with E-state index < -0.39 is 5.85 Å². The highest BCUT2D eigenvalue weighted by atomic mass is 35.5. The number of hydrogen-bond acceptors (Lipinski definition) is 4. The lowest BCUT2D eigenvalue weighted by molar-refractivity contribution is 0.0238. The minimum absolute atomic E-state index is 0.127. The average molecular weight is 286 g/mol. The fourth-order valence-electron chi connectivity index (χ4n) is 1.60. The van der Waals surface area contributed by atoms with Crippen molar-refractivity contribution in [2.24, 2.45) is 9.98 Å². The number of methoxy groups -OCH3 is 1. The van der Waals surface area contributed by atoms with Gasteiger partial charge in [0.25, 0.3) is 5.85 Å². The Bertz CT molecular complexity index is 469. The van der Waals surface area contributed by atoms with Crippen LogP contribution < -0.4 is 5.32 Å². The van der Waals surface area contributed by atoms with Gasteiger partial charge in [-0.15, -0.1) is 23.2 Å². The minimum atomic E-state index is -1.10. The van der Waals surface area contributed by atoms with E-state index in [1.54, 1.807) is 0 Å². The monoisotopic (exact) mass is 285 g/mol. The van der Waals surface area contributed by atoms with Crippen molar-refractivity contribution in [2.45, 2.75) is 5.85 Å². The van der Waals surface area contributed by atoms with Crippen LogP contribution in [-0.2, 0) is 4.74 Å².